The number of anilines is 1. The Morgan fingerprint density at radius 1 is 1.24 bits per heavy atom. The van der Waals surface area contributed by atoms with Crippen LogP contribution in [0.5, 0.6) is 0 Å². The Labute approximate surface area is 129 Å². The zero-order valence-electron chi connectivity index (χ0n) is 13.1. The number of aromatic nitrogens is 2. The highest BCUT2D eigenvalue weighted by Gasteiger charge is 2.18. The standard InChI is InChI=1S/C16H21N3OS/c1-10-6-8-14(9-7-10)21-13(4)16(20)17-15-11(2)18-19(5)12(15)3/h6-9,13H,1-5H3,(H,17,20)/t13-/m1/s1. The minimum Gasteiger partial charge on any atom is -0.322 e. The summed E-state index contributed by atoms with van der Waals surface area (Å²) in [6, 6.07) is 8.21. The SMILES string of the molecule is Cc1ccc(S[C@H](C)C(=O)Nc2c(C)nn(C)c2C)cc1. The van der Waals surface area contributed by atoms with E-state index in [2.05, 4.69) is 29.5 Å². The van der Waals surface area contributed by atoms with Crippen LogP contribution in [-0.4, -0.2) is 20.9 Å². The first-order valence-corrected chi connectivity index (χ1v) is 7.81. The van der Waals surface area contributed by atoms with Crippen LogP contribution < -0.4 is 5.32 Å². The third-order valence-corrected chi connectivity index (χ3v) is 4.57. The Hall–Kier alpha value is -1.75. The van der Waals surface area contributed by atoms with Crippen molar-refractivity contribution in [2.45, 2.75) is 37.8 Å². The Kier molecular flexibility index (Phi) is 4.73. The summed E-state index contributed by atoms with van der Waals surface area (Å²) in [5.74, 6) is -0.000208. The van der Waals surface area contributed by atoms with E-state index in [0.717, 1.165) is 22.0 Å². The summed E-state index contributed by atoms with van der Waals surface area (Å²) in [7, 11) is 1.88. The maximum Gasteiger partial charge on any atom is 0.237 e. The van der Waals surface area contributed by atoms with Crippen molar-refractivity contribution in [2.24, 2.45) is 7.05 Å². The number of aryl methyl sites for hydroxylation is 3. The molecule has 21 heavy (non-hydrogen) atoms. The number of hydrogen-bond donors (Lipinski definition) is 1. The molecule has 112 valence electrons. The molecule has 1 aromatic heterocycles. The van der Waals surface area contributed by atoms with E-state index in [1.807, 2.05) is 40.0 Å². The van der Waals surface area contributed by atoms with Crippen molar-refractivity contribution >= 4 is 23.4 Å². The predicted molar refractivity (Wildman–Crippen MR) is 87.8 cm³/mol. The number of benzene rings is 1. The number of nitrogens with one attached hydrogen (secondary N) is 1. The molecule has 1 atom stereocenters. The van der Waals surface area contributed by atoms with E-state index in [9.17, 15) is 4.79 Å². The van der Waals surface area contributed by atoms with Gasteiger partial charge in [0.15, 0.2) is 0 Å². The molecule has 0 fully saturated rings. The number of amides is 1. The molecule has 0 saturated heterocycles. The first-order valence-electron chi connectivity index (χ1n) is 6.93. The van der Waals surface area contributed by atoms with E-state index in [1.165, 1.54) is 5.56 Å². The van der Waals surface area contributed by atoms with Crippen LogP contribution in [-0.2, 0) is 11.8 Å². The lowest BCUT2D eigenvalue weighted by molar-refractivity contribution is -0.115. The van der Waals surface area contributed by atoms with Crippen molar-refractivity contribution in [2.75, 3.05) is 5.32 Å². The van der Waals surface area contributed by atoms with Gasteiger partial charge in [-0.05, 0) is 39.8 Å². The molecule has 1 N–H and O–H groups in total. The highest BCUT2D eigenvalue weighted by molar-refractivity contribution is 8.00. The van der Waals surface area contributed by atoms with Gasteiger partial charge in [-0.2, -0.15) is 5.10 Å². The average molecular weight is 303 g/mol. The third-order valence-electron chi connectivity index (χ3n) is 3.46. The van der Waals surface area contributed by atoms with E-state index in [4.69, 9.17) is 0 Å². The summed E-state index contributed by atoms with van der Waals surface area (Å²) in [5.41, 5.74) is 3.85. The van der Waals surface area contributed by atoms with Crippen LogP contribution in [0.3, 0.4) is 0 Å². The maximum absolute atomic E-state index is 12.3. The average Bonchev–Trinajstić information content (AvgIpc) is 2.68. The number of thioether (sulfide) groups is 1. The minimum atomic E-state index is -0.160. The molecule has 2 rings (SSSR count). The van der Waals surface area contributed by atoms with Gasteiger partial charge < -0.3 is 5.32 Å². The van der Waals surface area contributed by atoms with Gasteiger partial charge in [-0.25, -0.2) is 0 Å². The molecule has 1 heterocycles. The Morgan fingerprint density at radius 2 is 1.86 bits per heavy atom. The summed E-state index contributed by atoms with van der Waals surface area (Å²) in [6.07, 6.45) is 0. The summed E-state index contributed by atoms with van der Waals surface area (Å²) >= 11 is 1.56. The molecule has 4 nitrogen and oxygen atoms in total. The molecule has 0 aliphatic rings. The summed E-state index contributed by atoms with van der Waals surface area (Å²) in [4.78, 5) is 13.4. The van der Waals surface area contributed by atoms with Crippen molar-refractivity contribution in [3.63, 3.8) is 0 Å². The third kappa shape index (κ3) is 3.67. The second kappa shape index (κ2) is 6.35. The molecule has 0 bridgehead atoms. The molecule has 1 amide bonds. The minimum absolute atomic E-state index is 0.000208. The van der Waals surface area contributed by atoms with Gasteiger partial charge in [0.25, 0.3) is 0 Å². The fraction of sp³-hybridized carbons (Fsp3) is 0.375. The van der Waals surface area contributed by atoms with Crippen LogP contribution in [0.1, 0.15) is 23.9 Å². The quantitative estimate of drug-likeness (QED) is 0.880. The van der Waals surface area contributed by atoms with Crippen molar-refractivity contribution in [1.29, 1.82) is 0 Å². The fourth-order valence-electron chi connectivity index (χ4n) is 2.05. The molecule has 5 heteroatoms. The van der Waals surface area contributed by atoms with Crippen LogP contribution >= 0.6 is 11.8 Å². The summed E-state index contributed by atoms with van der Waals surface area (Å²) < 4.78 is 1.78. The van der Waals surface area contributed by atoms with E-state index >= 15 is 0 Å². The molecule has 0 aliphatic carbocycles. The Balaban J connectivity index is 2.04. The largest absolute Gasteiger partial charge is 0.322 e. The molecule has 0 spiro atoms. The van der Waals surface area contributed by atoms with Gasteiger partial charge in [-0.15, -0.1) is 11.8 Å². The highest BCUT2D eigenvalue weighted by Crippen LogP contribution is 2.25. The molecule has 0 saturated carbocycles. The van der Waals surface area contributed by atoms with Crippen LogP contribution in [0.25, 0.3) is 0 Å². The molecular formula is C16H21N3OS. The van der Waals surface area contributed by atoms with E-state index in [0.29, 0.717) is 0 Å². The van der Waals surface area contributed by atoms with Gasteiger partial charge in [-0.3, -0.25) is 9.48 Å². The van der Waals surface area contributed by atoms with Crippen molar-refractivity contribution in [3.05, 3.63) is 41.2 Å². The van der Waals surface area contributed by atoms with E-state index in [1.54, 1.807) is 16.4 Å². The number of carbonyl (C=O) groups excluding carboxylic acids is 1. The predicted octanol–water partition coefficient (Wildman–Crippen LogP) is 3.46. The lowest BCUT2D eigenvalue weighted by Crippen LogP contribution is -2.23. The van der Waals surface area contributed by atoms with Crippen molar-refractivity contribution in [1.82, 2.24) is 9.78 Å². The smallest absolute Gasteiger partial charge is 0.237 e. The van der Waals surface area contributed by atoms with Crippen LogP contribution in [0.4, 0.5) is 5.69 Å². The van der Waals surface area contributed by atoms with Crippen LogP contribution in [0, 0.1) is 20.8 Å². The lowest BCUT2D eigenvalue weighted by Gasteiger charge is -2.12. The Morgan fingerprint density at radius 3 is 2.38 bits per heavy atom. The molecule has 1 aromatic carbocycles. The molecule has 0 unspecified atom stereocenters. The second-order valence-corrected chi connectivity index (χ2v) is 6.65. The number of hydrogen-bond acceptors (Lipinski definition) is 3. The molecule has 2 aromatic rings. The normalized spacial score (nSPS) is 12.2. The monoisotopic (exact) mass is 303 g/mol. The van der Waals surface area contributed by atoms with Crippen molar-refractivity contribution in [3.8, 4) is 0 Å². The summed E-state index contributed by atoms with van der Waals surface area (Å²) in [6.45, 7) is 7.83. The van der Waals surface area contributed by atoms with Gasteiger partial charge in [-0.1, -0.05) is 17.7 Å². The first-order chi connectivity index (χ1) is 9.88. The van der Waals surface area contributed by atoms with Crippen molar-refractivity contribution < 1.29 is 4.79 Å². The topological polar surface area (TPSA) is 46.9 Å². The van der Waals surface area contributed by atoms with Gasteiger partial charge in [0.1, 0.15) is 0 Å². The summed E-state index contributed by atoms with van der Waals surface area (Å²) in [5, 5.41) is 7.14. The zero-order valence-corrected chi connectivity index (χ0v) is 13.9. The Bertz CT molecular complexity index is 646. The van der Waals surface area contributed by atoms with Gasteiger partial charge in [0, 0.05) is 11.9 Å². The van der Waals surface area contributed by atoms with Crippen LogP contribution in [0.15, 0.2) is 29.2 Å². The van der Waals surface area contributed by atoms with E-state index in [-0.39, 0.29) is 11.2 Å². The first kappa shape index (κ1) is 15.6. The molecule has 0 aliphatic heterocycles. The maximum atomic E-state index is 12.3. The fourth-order valence-corrected chi connectivity index (χ4v) is 2.92. The molecular weight excluding hydrogens is 282 g/mol. The number of carbonyl (C=O) groups is 1. The number of rotatable bonds is 4. The zero-order chi connectivity index (χ0) is 15.6. The second-order valence-electron chi connectivity index (χ2n) is 5.23. The van der Waals surface area contributed by atoms with Gasteiger partial charge in [0.05, 0.1) is 22.3 Å². The molecule has 0 radical (unpaired) electrons. The number of nitrogens with zero attached hydrogens (tertiary/aromatic N) is 2. The van der Waals surface area contributed by atoms with E-state index < -0.39 is 0 Å². The van der Waals surface area contributed by atoms with Gasteiger partial charge in [0.2, 0.25) is 5.91 Å². The van der Waals surface area contributed by atoms with Gasteiger partial charge >= 0.3 is 0 Å². The lowest BCUT2D eigenvalue weighted by atomic mass is 10.2. The van der Waals surface area contributed by atoms with Crippen LogP contribution in [0.2, 0.25) is 0 Å². The highest BCUT2D eigenvalue weighted by atomic mass is 32.2.